The summed E-state index contributed by atoms with van der Waals surface area (Å²) in [5.74, 6) is 0.419. The van der Waals surface area contributed by atoms with Gasteiger partial charge in [0, 0.05) is 13.6 Å². The fraction of sp³-hybridized carbons (Fsp3) is 0.636. The summed E-state index contributed by atoms with van der Waals surface area (Å²) in [5.41, 5.74) is 0.486. The summed E-state index contributed by atoms with van der Waals surface area (Å²) in [4.78, 5) is 27.1. The van der Waals surface area contributed by atoms with Crippen molar-refractivity contribution in [3.63, 3.8) is 0 Å². The minimum absolute atomic E-state index is 0.0599. The van der Waals surface area contributed by atoms with Crippen molar-refractivity contribution in [2.24, 2.45) is 5.92 Å². The molecule has 0 bridgehead atoms. The Morgan fingerprint density at radius 3 is 2.37 bits per heavy atom. The molecule has 27 heavy (non-hydrogen) atoms. The second kappa shape index (κ2) is 9.77. The van der Waals surface area contributed by atoms with Crippen molar-refractivity contribution in [3.8, 4) is 0 Å². The van der Waals surface area contributed by atoms with E-state index in [-0.39, 0.29) is 5.91 Å². The van der Waals surface area contributed by atoms with Crippen LogP contribution in [0.4, 0.5) is 4.79 Å². The van der Waals surface area contributed by atoms with E-state index in [2.05, 4.69) is 5.32 Å². The molecule has 0 unspecified atom stereocenters. The second-order valence-electron chi connectivity index (χ2n) is 8.62. The summed E-state index contributed by atoms with van der Waals surface area (Å²) >= 11 is 0. The minimum atomic E-state index is -0.585. The van der Waals surface area contributed by atoms with E-state index < -0.39 is 17.7 Å². The highest BCUT2D eigenvalue weighted by Crippen LogP contribution is 2.28. The SMILES string of the molecule is CN(Cc1ccccc1)C(=O)[C@H](CC1CCCCC1)NC(=O)OC(C)(C)C. The Labute approximate surface area is 163 Å². The molecule has 0 saturated heterocycles. The van der Waals surface area contributed by atoms with Gasteiger partial charge in [0.1, 0.15) is 11.6 Å². The molecular formula is C22H34N2O3. The number of nitrogens with zero attached hydrogens (tertiary/aromatic N) is 1. The summed E-state index contributed by atoms with van der Waals surface area (Å²) in [5, 5.41) is 2.83. The van der Waals surface area contributed by atoms with Crippen molar-refractivity contribution < 1.29 is 14.3 Å². The van der Waals surface area contributed by atoms with Crippen LogP contribution in [0.5, 0.6) is 0 Å². The van der Waals surface area contributed by atoms with Gasteiger partial charge in [-0.3, -0.25) is 4.79 Å². The van der Waals surface area contributed by atoms with Crippen molar-refractivity contribution in [1.82, 2.24) is 10.2 Å². The largest absolute Gasteiger partial charge is 0.444 e. The lowest BCUT2D eigenvalue weighted by molar-refractivity contribution is -0.133. The average molecular weight is 375 g/mol. The third-order valence-electron chi connectivity index (χ3n) is 4.92. The highest BCUT2D eigenvalue weighted by molar-refractivity contribution is 5.85. The third-order valence-corrected chi connectivity index (χ3v) is 4.92. The van der Waals surface area contributed by atoms with Crippen LogP contribution in [0.25, 0.3) is 0 Å². The Balaban J connectivity index is 2.04. The maximum atomic E-state index is 13.1. The smallest absolute Gasteiger partial charge is 0.408 e. The van der Waals surface area contributed by atoms with Crippen LogP contribution in [-0.4, -0.2) is 35.6 Å². The monoisotopic (exact) mass is 374 g/mol. The molecule has 1 aliphatic carbocycles. The van der Waals surface area contributed by atoms with Gasteiger partial charge in [0.05, 0.1) is 0 Å². The molecule has 5 nitrogen and oxygen atoms in total. The molecule has 1 atom stereocenters. The van der Waals surface area contributed by atoms with Gasteiger partial charge < -0.3 is 15.0 Å². The summed E-state index contributed by atoms with van der Waals surface area (Å²) in [6.45, 7) is 6.00. The zero-order valence-corrected chi connectivity index (χ0v) is 17.2. The first-order chi connectivity index (χ1) is 12.7. The molecule has 1 aromatic carbocycles. The van der Waals surface area contributed by atoms with Gasteiger partial charge in [0.2, 0.25) is 5.91 Å². The van der Waals surface area contributed by atoms with E-state index in [1.165, 1.54) is 19.3 Å². The molecule has 5 heteroatoms. The van der Waals surface area contributed by atoms with E-state index in [4.69, 9.17) is 4.74 Å². The van der Waals surface area contributed by atoms with Gasteiger partial charge in [-0.15, -0.1) is 0 Å². The van der Waals surface area contributed by atoms with Gasteiger partial charge in [-0.1, -0.05) is 62.4 Å². The van der Waals surface area contributed by atoms with Gasteiger partial charge in [0.25, 0.3) is 0 Å². The number of benzene rings is 1. The standard InChI is InChI=1S/C22H34N2O3/c1-22(2,3)27-21(26)23-19(15-17-11-7-5-8-12-17)20(25)24(4)16-18-13-9-6-10-14-18/h6,9-10,13-14,17,19H,5,7-8,11-12,15-16H2,1-4H3,(H,23,26)/t19-/m0/s1. The fourth-order valence-electron chi connectivity index (χ4n) is 3.63. The first-order valence-corrected chi connectivity index (χ1v) is 10.0. The van der Waals surface area contributed by atoms with E-state index in [0.29, 0.717) is 18.9 Å². The molecule has 1 aromatic rings. The van der Waals surface area contributed by atoms with Crippen LogP contribution in [0.15, 0.2) is 30.3 Å². The first-order valence-electron chi connectivity index (χ1n) is 10.0. The van der Waals surface area contributed by atoms with Crippen LogP contribution in [0, 0.1) is 5.92 Å². The zero-order valence-electron chi connectivity index (χ0n) is 17.2. The Morgan fingerprint density at radius 1 is 1.15 bits per heavy atom. The molecule has 2 rings (SSSR count). The molecule has 0 spiro atoms. The summed E-state index contributed by atoms with van der Waals surface area (Å²) in [7, 11) is 1.79. The Morgan fingerprint density at radius 2 is 1.78 bits per heavy atom. The van der Waals surface area contributed by atoms with Crippen molar-refractivity contribution >= 4 is 12.0 Å². The van der Waals surface area contributed by atoms with Crippen molar-refractivity contribution in [2.45, 2.75) is 77.5 Å². The molecule has 1 aliphatic rings. The number of ether oxygens (including phenoxy) is 1. The lowest BCUT2D eigenvalue weighted by Crippen LogP contribution is -2.49. The van der Waals surface area contributed by atoms with E-state index >= 15 is 0 Å². The number of nitrogens with one attached hydrogen (secondary N) is 1. The highest BCUT2D eigenvalue weighted by atomic mass is 16.6. The van der Waals surface area contributed by atoms with Crippen LogP contribution < -0.4 is 5.32 Å². The first kappa shape index (κ1) is 21.3. The Bertz CT molecular complexity index is 604. The molecule has 150 valence electrons. The van der Waals surface area contributed by atoms with E-state index in [1.807, 2.05) is 51.1 Å². The quantitative estimate of drug-likeness (QED) is 0.797. The molecule has 1 N–H and O–H groups in total. The maximum Gasteiger partial charge on any atom is 0.408 e. The van der Waals surface area contributed by atoms with Crippen LogP contribution in [0.1, 0.15) is 64.9 Å². The van der Waals surface area contributed by atoms with E-state index in [9.17, 15) is 9.59 Å². The van der Waals surface area contributed by atoms with Crippen molar-refractivity contribution in [3.05, 3.63) is 35.9 Å². The fourth-order valence-corrected chi connectivity index (χ4v) is 3.63. The number of carbonyl (C=O) groups is 2. The molecule has 0 radical (unpaired) electrons. The van der Waals surface area contributed by atoms with Crippen LogP contribution in [0.3, 0.4) is 0 Å². The molecule has 1 fully saturated rings. The zero-order chi connectivity index (χ0) is 19.9. The lowest BCUT2D eigenvalue weighted by Gasteiger charge is -2.30. The molecule has 1 saturated carbocycles. The van der Waals surface area contributed by atoms with Gasteiger partial charge >= 0.3 is 6.09 Å². The number of carbonyl (C=O) groups excluding carboxylic acids is 2. The van der Waals surface area contributed by atoms with E-state index in [0.717, 1.165) is 18.4 Å². The molecule has 2 amide bonds. The molecule has 0 aliphatic heterocycles. The number of hydrogen-bond acceptors (Lipinski definition) is 3. The number of hydrogen-bond donors (Lipinski definition) is 1. The Hall–Kier alpha value is -2.04. The topological polar surface area (TPSA) is 58.6 Å². The van der Waals surface area contributed by atoms with Crippen LogP contribution >= 0.6 is 0 Å². The van der Waals surface area contributed by atoms with Crippen molar-refractivity contribution in [1.29, 1.82) is 0 Å². The van der Waals surface area contributed by atoms with Gasteiger partial charge in [-0.2, -0.15) is 0 Å². The van der Waals surface area contributed by atoms with Crippen molar-refractivity contribution in [2.75, 3.05) is 7.05 Å². The van der Waals surface area contributed by atoms with Gasteiger partial charge in [0.15, 0.2) is 0 Å². The van der Waals surface area contributed by atoms with Gasteiger partial charge in [-0.25, -0.2) is 4.79 Å². The predicted molar refractivity (Wildman–Crippen MR) is 107 cm³/mol. The lowest BCUT2D eigenvalue weighted by atomic mass is 9.84. The normalized spacial score (nSPS) is 16.4. The third kappa shape index (κ3) is 7.61. The highest BCUT2D eigenvalue weighted by Gasteiger charge is 2.29. The molecular weight excluding hydrogens is 340 g/mol. The number of alkyl carbamates (subject to hydrolysis) is 1. The molecule has 0 aromatic heterocycles. The predicted octanol–water partition coefficient (Wildman–Crippen LogP) is 4.51. The molecule has 0 heterocycles. The van der Waals surface area contributed by atoms with Crippen LogP contribution in [0.2, 0.25) is 0 Å². The minimum Gasteiger partial charge on any atom is -0.444 e. The van der Waals surface area contributed by atoms with Gasteiger partial charge in [-0.05, 0) is 38.7 Å². The van der Waals surface area contributed by atoms with E-state index in [1.54, 1.807) is 11.9 Å². The number of amides is 2. The summed E-state index contributed by atoms with van der Waals surface area (Å²) < 4.78 is 5.38. The number of rotatable bonds is 6. The average Bonchev–Trinajstić information content (AvgIpc) is 2.60. The maximum absolute atomic E-state index is 13.1. The summed E-state index contributed by atoms with van der Waals surface area (Å²) in [6.07, 6.45) is 6.09. The summed E-state index contributed by atoms with van der Waals surface area (Å²) in [6, 6.07) is 9.35. The number of likely N-dealkylation sites (N-methyl/N-ethyl adjacent to an activating group) is 1. The van der Waals surface area contributed by atoms with Crippen LogP contribution in [-0.2, 0) is 16.1 Å². The Kier molecular flexibility index (Phi) is 7.69. The second-order valence-corrected chi connectivity index (χ2v) is 8.62.